The molecule has 34 heavy (non-hydrogen) atoms. The van der Waals surface area contributed by atoms with Gasteiger partial charge in [0.15, 0.2) is 5.78 Å². The maximum atomic E-state index is 14.2. The molecule has 5 rings (SSSR count). The van der Waals surface area contributed by atoms with E-state index in [0.29, 0.717) is 18.6 Å². The number of rotatable bonds is 1. The summed E-state index contributed by atoms with van der Waals surface area (Å²) in [5, 5.41) is 10.0. The van der Waals surface area contributed by atoms with E-state index in [0.717, 1.165) is 44.9 Å². The molecule has 188 valence electrons. The summed E-state index contributed by atoms with van der Waals surface area (Å²) >= 11 is 0. The van der Waals surface area contributed by atoms with Crippen LogP contribution in [0, 0.1) is 50.2 Å². The number of carboxylic acids is 1. The molecule has 0 amide bonds. The Hall–Kier alpha value is -1.45. The molecule has 0 aliphatic heterocycles. The van der Waals surface area contributed by atoms with Crippen molar-refractivity contribution in [3.63, 3.8) is 0 Å². The van der Waals surface area contributed by atoms with Gasteiger partial charge in [-0.25, -0.2) is 0 Å². The smallest absolute Gasteiger partial charge is 0.309 e. The fourth-order valence-corrected chi connectivity index (χ4v) is 10.2. The molecule has 1 N–H and O–H groups in total. The normalized spacial score (nSPS) is 52.0. The van der Waals surface area contributed by atoms with Crippen LogP contribution >= 0.6 is 0 Å². The zero-order valence-electron chi connectivity index (χ0n) is 22.3. The number of hydrogen-bond acceptors (Lipinski definition) is 3. The van der Waals surface area contributed by atoms with E-state index in [1.54, 1.807) is 0 Å². The Labute approximate surface area is 205 Å². The molecule has 5 aliphatic carbocycles. The largest absolute Gasteiger partial charge is 0.481 e. The number of hydrogen-bond donors (Lipinski definition) is 1. The first-order valence-corrected chi connectivity index (χ1v) is 13.6. The molecule has 0 spiro atoms. The predicted molar refractivity (Wildman–Crippen MR) is 132 cm³/mol. The fraction of sp³-hybridized carbons (Fsp3) is 0.833. The maximum absolute atomic E-state index is 14.2. The maximum Gasteiger partial charge on any atom is 0.309 e. The Morgan fingerprint density at radius 1 is 0.912 bits per heavy atom. The van der Waals surface area contributed by atoms with E-state index in [1.165, 1.54) is 5.57 Å². The van der Waals surface area contributed by atoms with E-state index in [4.69, 9.17) is 0 Å². The highest BCUT2D eigenvalue weighted by molar-refractivity contribution is 5.96. The molecule has 4 saturated carbocycles. The molecule has 0 aromatic carbocycles. The average Bonchev–Trinajstić information content (AvgIpc) is 2.73. The van der Waals surface area contributed by atoms with Gasteiger partial charge in [-0.1, -0.05) is 47.1 Å². The van der Waals surface area contributed by atoms with Crippen molar-refractivity contribution in [3.05, 3.63) is 11.6 Å². The lowest BCUT2D eigenvalue weighted by molar-refractivity contribution is -0.188. The molecule has 4 nitrogen and oxygen atoms in total. The molecule has 2 unspecified atom stereocenters. The number of carbonyl (C=O) groups excluding carboxylic acids is 2. The Morgan fingerprint density at radius 2 is 1.56 bits per heavy atom. The van der Waals surface area contributed by atoms with Crippen LogP contribution in [-0.4, -0.2) is 22.6 Å². The molecule has 4 heteroatoms. The summed E-state index contributed by atoms with van der Waals surface area (Å²) in [6.45, 7) is 15.5. The number of fused-ring (bicyclic) bond motifs is 7. The molecule has 0 saturated heterocycles. The SMILES string of the molecule is CC1(C)C(=O)CC[C@@]2(C)C1CC[C@]1(C)C2C(=O)C=C2[C@H]3C[C@@](C)(C(=O)O)CC[C@]3(C)CC[C@]21C. The minimum Gasteiger partial charge on any atom is -0.481 e. The molecule has 8 atom stereocenters. The van der Waals surface area contributed by atoms with E-state index < -0.39 is 11.4 Å². The van der Waals surface area contributed by atoms with Crippen LogP contribution in [0.15, 0.2) is 11.6 Å². The van der Waals surface area contributed by atoms with Gasteiger partial charge in [0, 0.05) is 17.8 Å². The van der Waals surface area contributed by atoms with Crippen LogP contribution in [0.25, 0.3) is 0 Å². The fourth-order valence-electron chi connectivity index (χ4n) is 10.2. The van der Waals surface area contributed by atoms with E-state index in [-0.39, 0.29) is 50.6 Å². The quantitative estimate of drug-likeness (QED) is 0.469. The Morgan fingerprint density at radius 3 is 2.21 bits per heavy atom. The first-order valence-electron chi connectivity index (χ1n) is 13.6. The molecular weight excluding hydrogens is 424 g/mol. The van der Waals surface area contributed by atoms with Gasteiger partial charge in [0.05, 0.1) is 5.41 Å². The van der Waals surface area contributed by atoms with Gasteiger partial charge >= 0.3 is 5.97 Å². The van der Waals surface area contributed by atoms with E-state index in [9.17, 15) is 19.5 Å². The third kappa shape index (κ3) is 2.75. The van der Waals surface area contributed by atoms with Crippen LogP contribution in [0.5, 0.6) is 0 Å². The zero-order valence-corrected chi connectivity index (χ0v) is 22.3. The van der Waals surface area contributed by atoms with Crippen molar-refractivity contribution in [2.45, 2.75) is 106 Å². The summed E-state index contributed by atoms with van der Waals surface area (Å²) in [5.41, 5.74) is -0.205. The average molecular weight is 469 g/mol. The van der Waals surface area contributed by atoms with E-state index >= 15 is 0 Å². The molecular formula is C30H44O4. The van der Waals surface area contributed by atoms with Gasteiger partial charge < -0.3 is 5.11 Å². The molecule has 0 heterocycles. The Bertz CT molecular complexity index is 1010. The van der Waals surface area contributed by atoms with Crippen molar-refractivity contribution in [1.82, 2.24) is 0 Å². The van der Waals surface area contributed by atoms with Crippen molar-refractivity contribution >= 4 is 17.5 Å². The van der Waals surface area contributed by atoms with Gasteiger partial charge in [0.1, 0.15) is 5.78 Å². The molecule has 0 bridgehead atoms. The van der Waals surface area contributed by atoms with Crippen LogP contribution in [0.3, 0.4) is 0 Å². The third-order valence-corrected chi connectivity index (χ3v) is 12.8. The topological polar surface area (TPSA) is 71.4 Å². The van der Waals surface area contributed by atoms with Gasteiger partial charge in [-0.05, 0) is 97.9 Å². The minimum atomic E-state index is -0.721. The van der Waals surface area contributed by atoms with Gasteiger partial charge in [-0.2, -0.15) is 0 Å². The van der Waals surface area contributed by atoms with Crippen molar-refractivity contribution < 1.29 is 19.5 Å². The highest BCUT2D eigenvalue weighted by Gasteiger charge is 2.70. The lowest BCUT2D eigenvalue weighted by atomic mass is 9.33. The van der Waals surface area contributed by atoms with Gasteiger partial charge in [-0.3, -0.25) is 14.4 Å². The molecule has 4 fully saturated rings. The minimum absolute atomic E-state index is 0.0707. The molecule has 0 aromatic heterocycles. The van der Waals surface area contributed by atoms with E-state index in [2.05, 4.69) is 41.5 Å². The highest BCUT2D eigenvalue weighted by Crippen LogP contribution is 2.74. The standard InChI is InChI=1S/C30H44O4/c1-25(2)21-8-11-30(7)23(28(21,5)10-9-22(25)32)20(31)16-18-19-17-27(4,24(33)34)13-12-26(19,3)14-15-29(18,30)6/h16,19,21,23H,8-15,17H2,1-7H3,(H,33,34)/t19-,21?,23?,26-,27+,28+,29-,30-/m1/s1. The van der Waals surface area contributed by atoms with Crippen molar-refractivity contribution in [1.29, 1.82) is 0 Å². The van der Waals surface area contributed by atoms with Crippen LogP contribution in [0.2, 0.25) is 0 Å². The first-order chi connectivity index (χ1) is 15.6. The summed E-state index contributed by atoms with van der Waals surface area (Å²) in [4.78, 5) is 39.3. The summed E-state index contributed by atoms with van der Waals surface area (Å²) in [6, 6.07) is 0. The number of Topliss-reactive ketones (excluding diaryl/α,β-unsaturated/α-hetero) is 1. The number of allylic oxidation sites excluding steroid dienone is 2. The van der Waals surface area contributed by atoms with Gasteiger partial charge in [0.25, 0.3) is 0 Å². The summed E-state index contributed by atoms with van der Waals surface area (Å²) < 4.78 is 0. The van der Waals surface area contributed by atoms with Crippen molar-refractivity contribution in [2.24, 2.45) is 50.2 Å². The van der Waals surface area contributed by atoms with Gasteiger partial charge in [-0.15, -0.1) is 0 Å². The molecule has 0 aromatic rings. The second-order valence-electron chi connectivity index (χ2n) is 14.7. The summed E-state index contributed by atoms with van der Waals surface area (Å²) in [7, 11) is 0. The van der Waals surface area contributed by atoms with Crippen molar-refractivity contribution in [3.8, 4) is 0 Å². The first kappa shape index (κ1) is 24.3. The van der Waals surface area contributed by atoms with Crippen LogP contribution in [0.1, 0.15) is 106 Å². The summed E-state index contributed by atoms with van der Waals surface area (Å²) in [6.07, 6.45) is 9.78. The van der Waals surface area contributed by atoms with E-state index in [1.807, 2.05) is 13.0 Å². The molecule has 5 aliphatic rings. The lowest BCUT2D eigenvalue weighted by Gasteiger charge is -2.69. The van der Waals surface area contributed by atoms with Crippen LogP contribution in [-0.2, 0) is 14.4 Å². The number of carbonyl (C=O) groups is 3. The number of ketones is 2. The third-order valence-electron chi connectivity index (χ3n) is 12.8. The van der Waals surface area contributed by atoms with Crippen molar-refractivity contribution in [2.75, 3.05) is 0 Å². The number of aliphatic carboxylic acids is 1. The monoisotopic (exact) mass is 468 g/mol. The van der Waals surface area contributed by atoms with Crippen LogP contribution < -0.4 is 0 Å². The second kappa shape index (κ2) is 6.85. The highest BCUT2D eigenvalue weighted by atomic mass is 16.4. The Balaban J connectivity index is 1.63. The Kier molecular flexibility index (Phi) is 4.89. The van der Waals surface area contributed by atoms with Crippen LogP contribution in [0.4, 0.5) is 0 Å². The second-order valence-corrected chi connectivity index (χ2v) is 14.7. The lowest BCUT2D eigenvalue weighted by Crippen LogP contribution is -2.66. The number of carboxylic acid groups (broad SMARTS) is 1. The van der Waals surface area contributed by atoms with Gasteiger partial charge in [0.2, 0.25) is 0 Å². The zero-order chi connectivity index (χ0) is 25.1. The molecule has 0 radical (unpaired) electrons. The summed E-state index contributed by atoms with van der Waals surface area (Å²) in [5.74, 6) is 0.222. The predicted octanol–water partition coefficient (Wildman–Crippen LogP) is 6.62.